The molecule has 1 amide bonds. The number of nitro groups is 1. The molecule has 0 aliphatic carbocycles. The van der Waals surface area contributed by atoms with Gasteiger partial charge in [0.15, 0.2) is 0 Å². The van der Waals surface area contributed by atoms with Crippen LogP contribution in [-0.4, -0.2) is 28.6 Å². The van der Waals surface area contributed by atoms with Gasteiger partial charge in [-0.2, -0.15) is 0 Å². The standard InChI is InChI=1S/C18H13FN2O6/c19-15-10-14(17(22)23)16(21(25)26)9-13(15)7-4-8-20-18(24)27-11-12-5-2-1-3-6-12/h1-3,5-6,9-10H,8,11H2,(H,20,24)(H,22,23). The molecule has 0 atom stereocenters. The molecular weight excluding hydrogens is 359 g/mol. The van der Waals surface area contributed by atoms with Crippen molar-refractivity contribution in [1.29, 1.82) is 0 Å². The zero-order chi connectivity index (χ0) is 19.8. The molecule has 2 rings (SSSR count). The first-order chi connectivity index (χ1) is 12.9. The van der Waals surface area contributed by atoms with Crippen molar-refractivity contribution in [1.82, 2.24) is 5.32 Å². The van der Waals surface area contributed by atoms with Crippen LogP contribution in [0.1, 0.15) is 21.5 Å². The largest absolute Gasteiger partial charge is 0.477 e. The Kier molecular flexibility index (Phi) is 6.44. The summed E-state index contributed by atoms with van der Waals surface area (Å²) in [6.45, 7) is -0.126. The van der Waals surface area contributed by atoms with Crippen molar-refractivity contribution < 1.29 is 28.7 Å². The quantitative estimate of drug-likeness (QED) is 0.473. The predicted molar refractivity (Wildman–Crippen MR) is 91.5 cm³/mol. The van der Waals surface area contributed by atoms with E-state index in [2.05, 4.69) is 17.2 Å². The number of carboxylic acid groups (broad SMARTS) is 1. The molecule has 2 N–H and O–H groups in total. The van der Waals surface area contributed by atoms with Gasteiger partial charge in [0.25, 0.3) is 5.69 Å². The second-order valence-corrected chi connectivity index (χ2v) is 5.13. The monoisotopic (exact) mass is 372 g/mol. The van der Waals surface area contributed by atoms with Crippen LogP contribution in [-0.2, 0) is 11.3 Å². The summed E-state index contributed by atoms with van der Waals surface area (Å²) < 4.78 is 18.8. The highest BCUT2D eigenvalue weighted by molar-refractivity contribution is 5.92. The highest BCUT2D eigenvalue weighted by atomic mass is 19.1. The molecule has 0 aromatic heterocycles. The molecule has 8 nitrogen and oxygen atoms in total. The number of benzene rings is 2. The number of aromatic carboxylic acids is 1. The summed E-state index contributed by atoms with van der Waals surface area (Å²) in [5, 5.41) is 22.1. The van der Waals surface area contributed by atoms with Gasteiger partial charge < -0.3 is 15.2 Å². The molecule has 27 heavy (non-hydrogen) atoms. The summed E-state index contributed by atoms with van der Waals surface area (Å²) >= 11 is 0. The minimum Gasteiger partial charge on any atom is -0.477 e. The summed E-state index contributed by atoms with van der Waals surface area (Å²) in [5.74, 6) is 2.09. The first kappa shape index (κ1) is 19.4. The van der Waals surface area contributed by atoms with E-state index < -0.39 is 34.1 Å². The minimum absolute atomic E-state index is 0.0670. The first-order valence-corrected chi connectivity index (χ1v) is 7.53. The summed E-state index contributed by atoms with van der Waals surface area (Å²) in [5.41, 5.74) is -1.10. The van der Waals surface area contributed by atoms with Gasteiger partial charge in [-0.05, 0) is 11.6 Å². The maximum absolute atomic E-state index is 13.8. The van der Waals surface area contributed by atoms with E-state index in [-0.39, 0.29) is 18.7 Å². The maximum Gasteiger partial charge on any atom is 0.408 e. The van der Waals surface area contributed by atoms with E-state index in [0.717, 1.165) is 11.6 Å². The fourth-order valence-electron chi connectivity index (χ4n) is 2.01. The number of hydrogen-bond donors (Lipinski definition) is 2. The third-order valence-electron chi connectivity index (χ3n) is 3.27. The molecular formula is C18H13FN2O6. The van der Waals surface area contributed by atoms with Crippen molar-refractivity contribution in [2.24, 2.45) is 0 Å². The van der Waals surface area contributed by atoms with Crippen molar-refractivity contribution in [3.8, 4) is 11.8 Å². The van der Waals surface area contributed by atoms with E-state index in [1.807, 2.05) is 6.07 Å². The van der Waals surface area contributed by atoms with Gasteiger partial charge in [-0.25, -0.2) is 14.0 Å². The van der Waals surface area contributed by atoms with Crippen molar-refractivity contribution in [2.45, 2.75) is 6.61 Å². The summed E-state index contributed by atoms with van der Waals surface area (Å²) in [6, 6.07) is 10.3. The number of amides is 1. The van der Waals surface area contributed by atoms with Gasteiger partial charge in [0.05, 0.1) is 17.0 Å². The zero-order valence-electron chi connectivity index (χ0n) is 13.8. The molecule has 2 aromatic carbocycles. The number of hydrogen-bond acceptors (Lipinski definition) is 5. The summed E-state index contributed by atoms with van der Waals surface area (Å²) in [4.78, 5) is 32.4. The molecule has 2 aromatic rings. The molecule has 0 fully saturated rings. The average Bonchev–Trinajstić information content (AvgIpc) is 2.64. The van der Waals surface area contributed by atoms with Crippen LogP contribution < -0.4 is 5.32 Å². The number of carboxylic acids is 1. The van der Waals surface area contributed by atoms with Crippen LogP contribution in [0.25, 0.3) is 0 Å². The number of nitrogens with zero attached hydrogens (tertiary/aromatic N) is 1. The van der Waals surface area contributed by atoms with Crippen molar-refractivity contribution in [2.75, 3.05) is 6.54 Å². The summed E-state index contributed by atoms with van der Waals surface area (Å²) in [6.07, 6.45) is -0.735. The Morgan fingerprint density at radius 3 is 2.59 bits per heavy atom. The molecule has 0 radical (unpaired) electrons. The number of halogens is 1. The normalized spacial score (nSPS) is 9.67. The van der Waals surface area contributed by atoms with Crippen LogP contribution in [0, 0.1) is 27.8 Å². The van der Waals surface area contributed by atoms with Crippen LogP contribution in [0.3, 0.4) is 0 Å². The number of ether oxygens (including phenoxy) is 1. The highest BCUT2D eigenvalue weighted by Gasteiger charge is 2.22. The lowest BCUT2D eigenvalue weighted by atomic mass is 10.1. The molecule has 0 spiro atoms. The van der Waals surface area contributed by atoms with Gasteiger partial charge in [0.2, 0.25) is 0 Å². The molecule has 0 bridgehead atoms. The van der Waals surface area contributed by atoms with Gasteiger partial charge in [0.1, 0.15) is 18.0 Å². The van der Waals surface area contributed by atoms with E-state index in [9.17, 15) is 24.1 Å². The van der Waals surface area contributed by atoms with Crippen molar-refractivity contribution in [3.05, 3.63) is 75.1 Å². The Balaban J connectivity index is 1.97. The molecule has 0 heterocycles. The van der Waals surface area contributed by atoms with Crippen LogP contribution in [0.15, 0.2) is 42.5 Å². The van der Waals surface area contributed by atoms with E-state index >= 15 is 0 Å². The maximum atomic E-state index is 13.8. The predicted octanol–water partition coefficient (Wildman–Crippen LogP) is 2.71. The Morgan fingerprint density at radius 1 is 1.26 bits per heavy atom. The Morgan fingerprint density at radius 2 is 1.96 bits per heavy atom. The minimum atomic E-state index is -1.62. The molecule has 0 unspecified atom stereocenters. The highest BCUT2D eigenvalue weighted by Crippen LogP contribution is 2.22. The van der Waals surface area contributed by atoms with Crippen LogP contribution in [0.5, 0.6) is 0 Å². The van der Waals surface area contributed by atoms with Crippen LogP contribution >= 0.6 is 0 Å². The number of alkyl carbamates (subject to hydrolysis) is 1. The third-order valence-corrected chi connectivity index (χ3v) is 3.27. The Labute approximate surface area is 152 Å². The number of rotatable bonds is 5. The number of nitro benzene ring substituents is 1. The Hall–Kier alpha value is -3.93. The second kappa shape index (κ2) is 8.96. The number of carbonyl (C=O) groups excluding carboxylic acids is 1. The zero-order valence-corrected chi connectivity index (χ0v) is 13.8. The molecule has 9 heteroatoms. The molecule has 0 aliphatic rings. The van der Waals surface area contributed by atoms with Gasteiger partial charge in [-0.3, -0.25) is 10.1 Å². The lowest BCUT2D eigenvalue weighted by Gasteiger charge is -2.04. The first-order valence-electron chi connectivity index (χ1n) is 7.53. The number of carbonyl (C=O) groups is 2. The van der Waals surface area contributed by atoms with Crippen LogP contribution in [0.4, 0.5) is 14.9 Å². The third kappa shape index (κ3) is 5.54. The fraction of sp³-hybridized carbons (Fsp3) is 0.111. The van der Waals surface area contributed by atoms with Crippen molar-refractivity contribution >= 4 is 17.7 Å². The Bertz CT molecular complexity index is 934. The van der Waals surface area contributed by atoms with Crippen LogP contribution in [0.2, 0.25) is 0 Å². The van der Waals surface area contributed by atoms with E-state index in [4.69, 9.17) is 9.84 Å². The smallest absolute Gasteiger partial charge is 0.408 e. The second-order valence-electron chi connectivity index (χ2n) is 5.13. The molecule has 0 saturated carbocycles. The van der Waals surface area contributed by atoms with E-state index in [0.29, 0.717) is 6.07 Å². The fourth-order valence-corrected chi connectivity index (χ4v) is 2.01. The lowest BCUT2D eigenvalue weighted by Crippen LogP contribution is -2.24. The number of nitrogens with one attached hydrogen (secondary N) is 1. The van der Waals surface area contributed by atoms with Gasteiger partial charge >= 0.3 is 12.1 Å². The topological polar surface area (TPSA) is 119 Å². The van der Waals surface area contributed by atoms with Gasteiger partial charge in [-0.15, -0.1) is 0 Å². The SMILES string of the molecule is O=C(NCC#Cc1cc([N+](=O)[O-])c(C(=O)O)cc1F)OCc1ccccc1. The molecule has 0 saturated heterocycles. The van der Waals surface area contributed by atoms with E-state index in [1.54, 1.807) is 24.3 Å². The summed E-state index contributed by atoms with van der Waals surface area (Å²) in [7, 11) is 0. The van der Waals surface area contributed by atoms with E-state index in [1.165, 1.54) is 0 Å². The average molecular weight is 372 g/mol. The lowest BCUT2D eigenvalue weighted by molar-refractivity contribution is -0.385. The molecule has 138 valence electrons. The van der Waals surface area contributed by atoms with Crippen molar-refractivity contribution in [3.63, 3.8) is 0 Å². The molecule has 0 aliphatic heterocycles. The van der Waals surface area contributed by atoms with Gasteiger partial charge in [0, 0.05) is 6.07 Å². The van der Waals surface area contributed by atoms with Gasteiger partial charge in [-0.1, -0.05) is 42.2 Å².